The maximum atomic E-state index is 9.33. The second-order valence-corrected chi connectivity index (χ2v) is 3.68. The van der Waals surface area contributed by atoms with E-state index >= 15 is 0 Å². The van der Waals surface area contributed by atoms with E-state index in [0.717, 1.165) is 10.9 Å². The summed E-state index contributed by atoms with van der Waals surface area (Å²) in [5, 5.41) is 18.8. The molecule has 18 heavy (non-hydrogen) atoms. The van der Waals surface area contributed by atoms with Crippen molar-refractivity contribution < 1.29 is 10.2 Å². The Hall–Kier alpha value is -2.55. The van der Waals surface area contributed by atoms with Crippen LogP contribution in [0.25, 0.3) is 10.9 Å². The molecule has 0 amide bonds. The van der Waals surface area contributed by atoms with Crippen LogP contribution in [0.5, 0.6) is 11.5 Å². The topological polar surface area (TPSA) is 53.4 Å². The van der Waals surface area contributed by atoms with Crippen molar-refractivity contribution in [3.05, 3.63) is 66.9 Å². The molecule has 0 atom stereocenters. The molecule has 3 rings (SSSR count). The summed E-state index contributed by atoms with van der Waals surface area (Å²) in [6.07, 6.45) is 1.71. The minimum absolute atomic E-state index is 0.288. The van der Waals surface area contributed by atoms with E-state index in [1.807, 2.05) is 24.3 Å². The average molecular weight is 239 g/mol. The van der Waals surface area contributed by atoms with E-state index in [2.05, 4.69) is 4.98 Å². The summed E-state index contributed by atoms with van der Waals surface area (Å²) in [5.41, 5.74) is 0.826. The van der Waals surface area contributed by atoms with E-state index in [1.54, 1.807) is 42.6 Å². The zero-order valence-electron chi connectivity index (χ0n) is 9.69. The number of para-hydroxylation sites is 1. The van der Waals surface area contributed by atoms with E-state index < -0.39 is 0 Å². The molecule has 0 unspecified atom stereocenters. The monoisotopic (exact) mass is 239 g/mol. The highest BCUT2D eigenvalue weighted by atomic mass is 16.3. The molecule has 0 fully saturated rings. The number of rotatable bonds is 0. The average Bonchev–Trinajstić information content (AvgIpc) is 2.41. The van der Waals surface area contributed by atoms with Gasteiger partial charge in [-0.3, -0.25) is 4.98 Å². The fourth-order valence-electron chi connectivity index (χ4n) is 1.52. The summed E-state index contributed by atoms with van der Waals surface area (Å²) in [5.74, 6) is 0.609. The van der Waals surface area contributed by atoms with Crippen molar-refractivity contribution >= 4 is 10.9 Å². The van der Waals surface area contributed by atoms with E-state index in [-0.39, 0.29) is 5.75 Å². The lowest BCUT2D eigenvalue weighted by Crippen LogP contribution is -1.75. The molecule has 0 saturated heterocycles. The molecule has 0 bridgehead atoms. The minimum atomic E-state index is 0.288. The van der Waals surface area contributed by atoms with Crippen LogP contribution >= 0.6 is 0 Å². The van der Waals surface area contributed by atoms with Gasteiger partial charge in [-0.2, -0.15) is 0 Å². The smallest absolute Gasteiger partial charge is 0.124 e. The Kier molecular flexibility index (Phi) is 3.76. The quantitative estimate of drug-likeness (QED) is 0.632. The Balaban J connectivity index is 0.000000149. The maximum Gasteiger partial charge on any atom is 0.124 e. The van der Waals surface area contributed by atoms with Gasteiger partial charge in [-0.05, 0) is 36.4 Å². The van der Waals surface area contributed by atoms with Crippen molar-refractivity contribution in [3.63, 3.8) is 0 Å². The van der Waals surface area contributed by atoms with Crippen molar-refractivity contribution in [2.24, 2.45) is 0 Å². The Morgan fingerprint density at radius 1 is 0.722 bits per heavy atom. The highest BCUT2D eigenvalue weighted by molar-refractivity contribution is 5.84. The van der Waals surface area contributed by atoms with E-state index in [0.29, 0.717) is 5.75 Å². The fourth-order valence-corrected chi connectivity index (χ4v) is 1.52. The molecule has 0 spiro atoms. The van der Waals surface area contributed by atoms with Crippen LogP contribution in [0, 0.1) is 0 Å². The fraction of sp³-hybridized carbons (Fsp3) is 0. The predicted molar refractivity (Wildman–Crippen MR) is 71.5 cm³/mol. The van der Waals surface area contributed by atoms with Gasteiger partial charge in [-0.15, -0.1) is 0 Å². The number of aromatic hydroxyl groups is 2. The molecular weight excluding hydrogens is 226 g/mol. The lowest BCUT2D eigenvalue weighted by molar-refractivity contribution is 0.475. The van der Waals surface area contributed by atoms with Gasteiger partial charge in [0.05, 0.1) is 5.52 Å². The van der Waals surface area contributed by atoms with Gasteiger partial charge in [0.15, 0.2) is 0 Å². The number of pyridine rings is 1. The first kappa shape index (κ1) is 11.9. The molecule has 2 aromatic carbocycles. The second kappa shape index (κ2) is 5.68. The highest BCUT2D eigenvalue weighted by Gasteiger charge is 1.95. The number of aromatic nitrogens is 1. The van der Waals surface area contributed by atoms with Gasteiger partial charge in [0, 0.05) is 11.6 Å². The Bertz CT molecular complexity index is 618. The molecule has 0 aliphatic rings. The number of fused-ring (bicyclic) bond motifs is 1. The molecule has 3 nitrogen and oxygen atoms in total. The first-order valence-electron chi connectivity index (χ1n) is 5.54. The molecule has 90 valence electrons. The maximum absolute atomic E-state index is 9.33. The summed E-state index contributed by atoms with van der Waals surface area (Å²) >= 11 is 0. The summed E-state index contributed by atoms with van der Waals surface area (Å²) in [6.45, 7) is 0. The lowest BCUT2D eigenvalue weighted by Gasteiger charge is -1.96. The summed E-state index contributed by atoms with van der Waals surface area (Å²) in [7, 11) is 0. The van der Waals surface area contributed by atoms with Crippen LogP contribution in [0.4, 0.5) is 0 Å². The van der Waals surface area contributed by atoms with Crippen LogP contribution in [0.2, 0.25) is 0 Å². The number of phenolic OH excluding ortho intramolecular Hbond substituents is 2. The largest absolute Gasteiger partial charge is 0.508 e. The van der Waals surface area contributed by atoms with Gasteiger partial charge >= 0.3 is 0 Å². The predicted octanol–water partition coefficient (Wildman–Crippen LogP) is 3.33. The van der Waals surface area contributed by atoms with E-state index in [9.17, 15) is 5.11 Å². The van der Waals surface area contributed by atoms with Gasteiger partial charge in [-0.1, -0.05) is 24.3 Å². The standard InChI is InChI=1S/C9H7NO.C6H6O/c11-9-5-1-4-8-7(9)3-2-6-10-8;7-6-4-2-1-3-5-6/h1-6,11H;1-5,7H. The van der Waals surface area contributed by atoms with Crippen LogP contribution in [0.3, 0.4) is 0 Å². The third kappa shape index (κ3) is 2.98. The zero-order chi connectivity index (χ0) is 12.8. The molecule has 0 saturated carbocycles. The molecule has 0 aliphatic carbocycles. The van der Waals surface area contributed by atoms with Crippen molar-refractivity contribution in [2.45, 2.75) is 0 Å². The molecule has 3 aromatic rings. The number of hydrogen-bond donors (Lipinski definition) is 2. The molecule has 1 heterocycles. The number of hydrogen-bond acceptors (Lipinski definition) is 3. The Morgan fingerprint density at radius 2 is 1.50 bits per heavy atom. The van der Waals surface area contributed by atoms with E-state index in [4.69, 9.17) is 5.11 Å². The van der Waals surface area contributed by atoms with Gasteiger partial charge in [-0.25, -0.2) is 0 Å². The number of phenols is 2. The van der Waals surface area contributed by atoms with Crippen molar-refractivity contribution in [1.82, 2.24) is 4.98 Å². The van der Waals surface area contributed by atoms with Gasteiger partial charge in [0.2, 0.25) is 0 Å². The van der Waals surface area contributed by atoms with Crippen LogP contribution < -0.4 is 0 Å². The summed E-state index contributed by atoms with van der Waals surface area (Å²) in [4.78, 5) is 4.08. The Morgan fingerprint density at radius 3 is 2.11 bits per heavy atom. The SMILES string of the molecule is Oc1cccc2ncccc12.Oc1ccccc1. The van der Waals surface area contributed by atoms with Crippen molar-refractivity contribution in [1.29, 1.82) is 0 Å². The van der Waals surface area contributed by atoms with Crippen molar-refractivity contribution in [3.8, 4) is 11.5 Å². The highest BCUT2D eigenvalue weighted by Crippen LogP contribution is 2.21. The molecule has 2 N–H and O–H groups in total. The van der Waals surface area contributed by atoms with Gasteiger partial charge < -0.3 is 10.2 Å². The number of benzene rings is 2. The summed E-state index contributed by atoms with van der Waals surface area (Å²) in [6, 6.07) is 17.7. The van der Waals surface area contributed by atoms with Crippen LogP contribution in [-0.4, -0.2) is 15.2 Å². The normalized spacial score (nSPS) is 9.56. The van der Waals surface area contributed by atoms with Crippen LogP contribution in [0.1, 0.15) is 0 Å². The number of nitrogens with zero attached hydrogens (tertiary/aromatic N) is 1. The minimum Gasteiger partial charge on any atom is -0.508 e. The Labute approximate surface area is 105 Å². The van der Waals surface area contributed by atoms with Crippen LogP contribution in [0.15, 0.2) is 66.9 Å². The van der Waals surface area contributed by atoms with Crippen molar-refractivity contribution in [2.75, 3.05) is 0 Å². The second-order valence-electron chi connectivity index (χ2n) is 3.68. The first-order chi connectivity index (χ1) is 8.77. The molecule has 3 heteroatoms. The lowest BCUT2D eigenvalue weighted by atomic mass is 10.2. The first-order valence-corrected chi connectivity index (χ1v) is 5.54. The third-order valence-electron chi connectivity index (χ3n) is 2.38. The molecular formula is C15H13NO2. The van der Waals surface area contributed by atoms with Gasteiger partial charge in [0.1, 0.15) is 11.5 Å². The van der Waals surface area contributed by atoms with Crippen LogP contribution in [-0.2, 0) is 0 Å². The summed E-state index contributed by atoms with van der Waals surface area (Å²) < 4.78 is 0. The molecule has 0 radical (unpaired) electrons. The third-order valence-corrected chi connectivity index (χ3v) is 2.38. The van der Waals surface area contributed by atoms with E-state index in [1.165, 1.54) is 0 Å². The van der Waals surface area contributed by atoms with Gasteiger partial charge in [0.25, 0.3) is 0 Å². The molecule has 1 aromatic heterocycles. The zero-order valence-corrected chi connectivity index (χ0v) is 9.69. The molecule has 0 aliphatic heterocycles.